The summed E-state index contributed by atoms with van der Waals surface area (Å²) in [4.78, 5) is 24.1. The summed E-state index contributed by atoms with van der Waals surface area (Å²) in [6.45, 7) is 1.82. The molecule has 1 heterocycles. The van der Waals surface area contributed by atoms with Crippen LogP contribution in [-0.4, -0.2) is 24.1 Å². The van der Waals surface area contributed by atoms with Gasteiger partial charge < -0.3 is 15.2 Å². The number of carbonyl (C=O) groups excluding carboxylic acids is 2. The van der Waals surface area contributed by atoms with Crippen LogP contribution in [0.25, 0.3) is 0 Å². The molecule has 0 bridgehead atoms. The van der Waals surface area contributed by atoms with E-state index in [2.05, 4.69) is 5.32 Å². The maximum atomic E-state index is 12.1. The first kappa shape index (κ1) is 15.1. The predicted octanol–water partition coefficient (Wildman–Crippen LogP) is 2.73. The van der Waals surface area contributed by atoms with Crippen molar-refractivity contribution < 1.29 is 19.4 Å². The first-order valence-electron chi connectivity index (χ1n) is 6.25. The van der Waals surface area contributed by atoms with Crippen LogP contribution in [0.5, 0.6) is 5.75 Å². The molecule has 1 aromatic carbocycles. The maximum absolute atomic E-state index is 12.1. The number of rotatable bonds is 4. The molecule has 2 rings (SSSR count). The van der Waals surface area contributed by atoms with Crippen molar-refractivity contribution in [1.29, 1.82) is 0 Å². The largest absolute Gasteiger partial charge is 0.508 e. The SMILES string of the molecule is COC(=O)c1scc(C)c1NC(=O)Cc1ccc(O)cc1. The Labute approximate surface area is 126 Å². The summed E-state index contributed by atoms with van der Waals surface area (Å²) in [5.74, 6) is -0.541. The van der Waals surface area contributed by atoms with Gasteiger partial charge in [0, 0.05) is 0 Å². The Morgan fingerprint density at radius 2 is 1.95 bits per heavy atom. The van der Waals surface area contributed by atoms with E-state index in [0.717, 1.165) is 11.1 Å². The van der Waals surface area contributed by atoms with Crippen LogP contribution in [-0.2, 0) is 16.0 Å². The van der Waals surface area contributed by atoms with E-state index in [0.29, 0.717) is 10.6 Å². The summed E-state index contributed by atoms with van der Waals surface area (Å²) < 4.78 is 4.70. The van der Waals surface area contributed by atoms with Gasteiger partial charge in [-0.05, 0) is 35.6 Å². The molecule has 0 unspecified atom stereocenters. The highest BCUT2D eigenvalue weighted by atomic mass is 32.1. The Kier molecular flexibility index (Phi) is 4.59. The minimum Gasteiger partial charge on any atom is -0.508 e. The number of ether oxygens (including phenoxy) is 1. The normalized spacial score (nSPS) is 10.2. The summed E-state index contributed by atoms with van der Waals surface area (Å²) in [7, 11) is 1.30. The molecule has 0 atom stereocenters. The van der Waals surface area contributed by atoms with Crippen LogP contribution in [0, 0.1) is 6.92 Å². The number of phenols is 1. The summed E-state index contributed by atoms with van der Waals surface area (Å²) in [6, 6.07) is 6.41. The molecule has 0 saturated carbocycles. The molecular formula is C15H15NO4S. The Morgan fingerprint density at radius 3 is 2.57 bits per heavy atom. The van der Waals surface area contributed by atoms with Crippen molar-refractivity contribution in [2.24, 2.45) is 0 Å². The number of benzene rings is 1. The number of methoxy groups -OCH3 is 1. The van der Waals surface area contributed by atoms with E-state index in [9.17, 15) is 14.7 Å². The van der Waals surface area contributed by atoms with Gasteiger partial charge in [-0.25, -0.2) is 4.79 Å². The van der Waals surface area contributed by atoms with Gasteiger partial charge in [0.15, 0.2) is 0 Å². The van der Waals surface area contributed by atoms with Gasteiger partial charge in [0.1, 0.15) is 10.6 Å². The van der Waals surface area contributed by atoms with Gasteiger partial charge in [0.05, 0.1) is 19.2 Å². The van der Waals surface area contributed by atoms with Gasteiger partial charge in [0.25, 0.3) is 0 Å². The molecule has 2 N–H and O–H groups in total. The fourth-order valence-electron chi connectivity index (χ4n) is 1.83. The second-order valence-electron chi connectivity index (χ2n) is 4.51. The van der Waals surface area contributed by atoms with Gasteiger partial charge >= 0.3 is 5.97 Å². The first-order chi connectivity index (χ1) is 10.0. The van der Waals surface area contributed by atoms with Gasteiger partial charge in [-0.2, -0.15) is 0 Å². The Balaban J connectivity index is 2.11. The van der Waals surface area contributed by atoms with E-state index in [1.807, 2.05) is 6.92 Å². The third kappa shape index (κ3) is 3.61. The maximum Gasteiger partial charge on any atom is 0.350 e. The van der Waals surface area contributed by atoms with Gasteiger partial charge in [-0.15, -0.1) is 11.3 Å². The lowest BCUT2D eigenvalue weighted by atomic mass is 10.1. The minimum absolute atomic E-state index is 0.154. The van der Waals surface area contributed by atoms with Crippen LogP contribution in [0.4, 0.5) is 5.69 Å². The minimum atomic E-state index is -0.465. The van der Waals surface area contributed by atoms with Crippen LogP contribution in [0.3, 0.4) is 0 Å². The van der Waals surface area contributed by atoms with Crippen LogP contribution in [0.1, 0.15) is 20.8 Å². The van der Waals surface area contributed by atoms with Crippen molar-refractivity contribution in [3.8, 4) is 5.75 Å². The number of hydrogen-bond donors (Lipinski definition) is 2. The van der Waals surface area contributed by atoms with Gasteiger partial charge in [-0.3, -0.25) is 4.79 Å². The zero-order valence-electron chi connectivity index (χ0n) is 11.7. The zero-order chi connectivity index (χ0) is 15.4. The number of phenolic OH excluding ortho intramolecular Hbond substituents is 1. The lowest BCUT2D eigenvalue weighted by Crippen LogP contribution is -2.16. The van der Waals surface area contributed by atoms with Crippen LogP contribution < -0.4 is 5.32 Å². The molecule has 0 aliphatic heterocycles. The lowest BCUT2D eigenvalue weighted by molar-refractivity contribution is -0.115. The molecule has 6 heteroatoms. The predicted molar refractivity (Wildman–Crippen MR) is 80.8 cm³/mol. The van der Waals surface area contributed by atoms with Crippen molar-refractivity contribution in [3.05, 3.63) is 45.6 Å². The van der Waals surface area contributed by atoms with E-state index < -0.39 is 5.97 Å². The van der Waals surface area contributed by atoms with E-state index in [1.165, 1.54) is 30.6 Å². The Hall–Kier alpha value is -2.34. The van der Waals surface area contributed by atoms with Gasteiger partial charge in [0.2, 0.25) is 5.91 Å². The highest BCUT2D eigenvalue weighted by molar-refractivity contribution is 7.12. The number of nitrogens with one attached hydrogen (secondary N) is 1. The fraction of sp³-hybridized carbons (Fsp3) is 0.200. The van der Waals surface area contributed by atoms with Crippen LogP contribution in [0.15, 0.2) is 29.6 Å². The quantitative estimate of drug-likeness (QED) is 0.852. The first-order valence-corrected chi connectivity index (χ1v) is 7.13. The molecule has 5 nitrogen and oxygen atoms in total. The molecule has 21 heavy (non-hydrogen) atoms. The van der Waals surface area contributed by atoms with Crippen LogP contribution in [0.2, 0.25) is 0 Å². The molecule has 0 aliphatic carbocycles. The topological polar surface area (TPSA) is 75.6 Å². The van der Waals surface area contributed by atoms with Gasteiger partial charge in [-0.1, -0.05) is 12.1 Å². The average Bonchev–Trinajstić information content (AvgIpc) is 2.82. The molecule has 0 radical (unpaired) electrons. The smallest absolute Gasteiger partial charge is 0.350 e. The molecule has 1 aromatic heterocycles. The monoisotopic (exact) mass is 305 g/mol. The van der Waals surface area contributed by atoms with E-state index in [4.69, 9.17) is 4.74 Å². The number of esters is 1. The summed E-state index contributed by atoms with van der Waals surface area (Å²) >= 11 is 1.24. The van der Waals surface area contributed by atoms with Crippen molar-refractivity contribution in [2.45, 2.75) is 13.3 Å². The van der Waals surface area contributed by atoms with Crippen molar-refractivity contribution in [2.75, 3.05) is 12.4 Å². The third-order valence-electron chi connectivity index (χ3n) is 2.91. The average molecular weight is 305 g/mol. The summed E-state index contributed by atoms with van der Waals surface area (Å²) in [6.07, 6.45) is 0.163. The number of hydrogen-bond acceptors (Lipinski definition) is 5. The molecule has 2 aromatic rings. The van der Waals surface area contributed by atoms with Crippen molar-refractivity contribution in [3.63, 3.8) is 0 Å². The molecule has 0 saturated heterocycles. The Bertz CT molecular complexity index is 661. The van der Waals surface area contributed by atoms with Crippen molar-refractivity contribution >= 4 is 28.9 Å². The standard InChI is InChI=1S/C15H15NO4S/c1-9-8-21-14(15(19)20-2)13(9)16-12(18)7-10-3-5-11(17)6-4-10/h3-6,8,17H,7H2,1-2H3,(H,16,18). The second-order valence-corrected chi connectivity index (χ2v) is 5.39. The second kappa shape index (κ2) is 6.41. The summed E-state index contributed by atoms with van der Waals surface area (Å²) in [5, 5.41) is 13.7. The van der Waals surface area contributed by atoms with Crippen LogP contribution >= 0.6 is 11.3 Å². The Morgan fingerprint density at radius 1 is 1.29 bits per heavy atom. The van der Waals surface area contributed by atoms with E-state index >= 15 is 0 Å². The fourth-order valence-corrected chi connectivity index (χ4v) is 2.75. The van der Waals surface area contributed by atoms with Crippen molar-refractivity contribution in [1.82, 2.24) is 0 Å². The third-order valence-corrected chi connectivity index (χ3v) is 3.99. The number of aromatic hydroxyl groups is 1. The number of amides is 1. The summed E-state index contributed by atoms with van der Waals surface area (Å²) in [5.41, 5.74) is 2.09. The molecule has 0 aliphatic rings. The number of aryl methyl sites for hydroxylation is 1. The molecular weight excluding hydrogens is 290 g/mol. The van der Waals surface area contributed by atoms with E-state index in [-0.39, 0.29) is 18.1 Å². The molecule has 1 amide bonds. The lowest BCUT2D eigenvalue weighted by Gasteiger charge is -2.07. The molecule has 110 valence electrons. The highest BCUT2D eigenvalue weighted by Gasteiger charge is 2.18. The number of carbonyl (C=O) groups is 2. The number of anilines is 1. The highest BCUT2D eigenvalue weighted by Crippen LogP contribution is 2.28. The molecule has 0 fully saturated rings. The number of thiophene rings is 1. The van der Waals surface area contributed by atoms with E-state index in [1.54, 1.807) is 17.5 Å². The zero-order valence-corrected chi connectivity index (χ0v) is 12.5. The molecule has 0 spiro atoms.